The number of carbonyl (C=O) groups is 1. The Morgan fingerprint density at radius 2 is 1.93 bits per heavy atom. The molecule has 2 aliphatic heterocycles. The van der Waals surface area contributed by atoms with Crippen molar-refractivity contribution in [3.05, 3.63) is 41.7 Å². The van der Waals surface area contributed by atoms with Crippen LogP contribution >= 0.6 is 0 Å². The first kappa shape index (κ1) is 17.2. The average Bonchev–Trinajstić information content (AvgIpc) is 3.46. The molecule has 146 valence electrons. The molecule has 8 heteroatoms. The van der Waals surface area contributed by atoms with Gasteiger partial charge in [0.2, 0.25) is 5.95 Å². The van der Waals surface area contributed by atoms with Crippen molar-refractivity contribution in [3.8, 4) is 0 Å². The highest BCUT2D eigenvalue weighted by Crippen LogP contribution is 2.26. The van der Waals surface area contributed by atoms with E-state index in [9.17, 15) is 9.90 Å². The number of hydrogen-bond acceptors (Lipinski definition) is 5. The molecule has 1 fully saturated rings. The second kappa shape index (κ2) is 6.94. The highest BCUT2D eigenvalue weighted by molar-refractivity contribution is 5.92. The zero-order chi connectivity index (χ0) is 19.1. The molecule has 4 heterocycles. The minimum absolute atomic E-state index is 0.0402. The number of fused-ring (bicyclic) bond motifs is 2. The van der Waals surface area contributed by atoms with Crippen molar-refractivity contribution < 1.29 is 9.90 Å². The van der Waals surface area contributed by atoms with E-state index in [4.69, 9.17) is 4.98 Å². The summed E-state index contributed by atoms with van der Waals surface area (Å²) in [7, 11) is 0. The smallest absolute Gasteiger partial charge is 0.274 e. The first-order valence-corrected chi connectivity index (χ1v) is 9.91. The monoisotopic (exact) mass is 380 g/mol. The molecule has 0 saturated carbocycles. The first-order chi connectivity index (χ1) is 13.7. The van der Waals surface area contributed by atoms with Gasteiger partial charge < -0.3 is 19.5 Å². The Labute approximate surface area is 163 Å². The lowest BCUT2D eigenvalue weighted by atomic mass is 10.2. The van der Waals surface area contributed by atoms with Gasteiger partial charge in [-0.05, 0) is 31.0 Å². The van der Waals surface area contributed by atoms with Crippen LogP contribution in [0.3, 0.4) is 0 Å². The quantitative estimate of drug-likeness (QED) is 0.742. The van der Waals surface area contributed by atoms with Gasteiger partial charge in [0.1, 0.15) is 0 Å². The molecule has 0 unspecified atom stereocenters. The Bertz CT molecular complexity index is 1020. The number of aromatic nitrogens is 4. The molecule has 2 aliphatic rings. The van der Waals surface area contributed by atoms with E-state index in [-0.39, 0.29) is 12.5 Å². The second-order valence-electron chi connectivity index (χ2n) is 7.44. The molecule has 0 bridgehead atoms. The van der Waals surface area contributed by atoms with Crippen LogP contribution < -0.4 is 4.90 Å². The zero-order valence-electron chi connectivity index (χ0n) is 15.8. The van der Waals surface area contributed by atoms with Crippen molar-refractivity contribution in [2.45, 2.75) is 32.5 Å². The number of nitrogens with zero attached hydrogens (tertiary/aromatic N) is 6. The molecule has 0 spiro atoms. The van der Waals surface area contributed by atoms with Crippen molar-refractivity contribution in [2.24, 2.45) is 0 Å². The van der Waals surface area contributed by atoms with E-state index < -0.39 is 0 Å². The predicted molar refractivity (Wildman–Crippen MR) is 105 cm³/mol. The Morgan fingerprint density at radius 1 is 1.11 bits per heavy atom. The number of para-hydroxylation sites is 2. The highest BCUT2D eigenvalue weighted by atomic mass is 16.3. The van der Waals surface area contributed by atoms with Gasteiger partial charge in [-0.25, -0.2) is 4.98 Å². The molecule has 0 atom stereocenters. The number of aliphatic hydroxyl groups excluding tert-OH is 1. The molecule has 0 aliphatic carbocycles. The van der Waals surface area contributed by atoms with E-state index in [0.29, 0.717) is 25.3 Å². The van der Waals surface area contributed by atoms with E-state index in [1.807, 2.05) is 39.9 Å². The van der Waals surface area contributed by atoms with Crippen molar-refractivity contribution in [1.29, 1.82) is 0 Å². The molecule has 28 heavy (non-hydrogen) atoms. The molecule has 1 saturated heterocycles. The van der Waals surface area contributed by atoms with Crippen LogP contribution in [0.15, 0.2) is 30.3 Å². The SMILES string of the molecule is O=C(c1cc2n(n1)CCN(c1nc3ccccc3n1CCO)C2)N1CCCC1. The van der Waals surface area contributed by atoms with Crippen LogP contribution in [0.2, 0.25) is 0 Å². The summed E-state index contributed by atoms with van der Waals surface area (Å²) in [6, 6.07) is 9.91. The van der Waals surface area contributed by atoms with E-state index in [2.05, 4.69) is 14.6 Å². The van der Waals surface area contributed by atoms with Crippen LogP contribution in [0.4, 0.5) is 5.95 Å². The van der Waals surface area contributed by atoms with Gasteiger partial charge in [0.05, 0.1) is 36.4 Å². The van der Waals surface area contributed by atoms with Gasteiger partial charge in [0, 0.05) is 26.2 Å². The number of amides is 1. The summed E-state index contributed by atoms with van der Waals surface area (Å²) < 4.78 is 4.01. The maximum Gasteiger partial charge on any atom is 0.274 e. The number of likely N-dealkylation sites (tertiary alicyclic amines) is 1. The summed E-state index contributed by atoms with van der Waals surface area (Å²) in [5, 5.41) is 14.1. The number of rotatable bonds is 4. The lowest BCUT2D eigenvalue weighted by Gasteiger charge is -2.29. The average molecular weight is 380 g/mol. The zero-order valence-corrected chi connectivity index (χ0v) is 15.8. The molecule has 8 nitrogen and oxygen atoms in total. The summed E-state index contributed by atoms with van der Waals surface area (Å²) in [5.41, 5.74) is 3.52. The van der Waals surface area contributed by atoms with Crippen molar-refractivity contribution >= 4 is 22.9 Å². The summed E-state index contributed by atoms with van der Waals surface area (Å²) in [4.78, 5) is 21.6. The summed E-state index contributed by atoms with van der Waals surface area (Å²) >= 11 is 0. The minimum Gasteiger partial charge on any atom is -0.395 e. The van der Waals surface area contributed by atoms with Gasteiger partial charge in [-0.1, -0.05) is 12.1 Å². The largest absolute Gasteiger partial charge is 0.395 e. The number of anilines is 1. The lowest BCUT2D eigenvalue weighted by Crippen LogP contribution is -2.35. The summed E-state index contributed by atoms with van der Waals surface area (Å²) in [6.07, 6.45) is 2.16. The fraction of sp³-hybridized carbons (Fsp3) is 0.450. The Morgan fingerprint density at radius 3 is 2.75 bits per heavy atom. The Kier molecular flexibility index (Phi) is 4.27. The van der Waals surface area contributed by atoms with Crippen LogP contribution in [-0.2, 0) is 19.6 Å². The van der Waals surface area contributed by atoms with E-state index >= 15 is 0 Å². The topological polar surface area (TPSA) is 79.4 Å². The third kappa shape index (κ3) is 2.84. The fourth-order valence-electron chi connectivity index (χ4n) is 4.25. The van der Waals surface area contributed by atoms with Gasteiger partial charge in [-0.15, -0.1) is 0 Å². The molecular weight excluding hydrogens is 356 g/mol. The Balaban J connectivity index is 1.44. The second-order valence-corrected chi connectivity index (χ2v) is 7.44. The number of hydrogen-bond donors (Lipinski definition) is 1. The molecule has 1 aromatic carbocycles. The number of aliphatic hydroxyl groups is 1. The molecule has 1 amide bonds. The van der Waals surface area contributed by atoms with Gasteiger partial charge in [0.25, 0.3) is 5.91 Å². The highest BCUT2D eigenvalue weighted by Gasteiger charge is 2.27. The van der Waals surface area contributed by atoms with Crippen molar-refractivity contribution in [2.75, 3.05) is 31.1 Å². The van der Waals surface area contributed by atoms with Gasteiger partial charge in [-0.2, -0.15) is 5.10 Å². The van der Waals surface area contributed by atoms with Crippen molar-refractivity contribution in [3.63, 3.8) is 0 Å². The van der Waals surface area contributed by atoms with Crippen LogP contribution in [0.1, 0.15) is 29.0 Å². The fourth-order valence-corrected chi connectivity index (χ4v) is 4.25. The molecule has 1 N–H and O–H groups in total. The molecular formula is C20H24N6O2. The molecule has 2 aromatic heterocycles. The number of benzene rings is 1. The van der Waals surface area contributed by atoms with Crippen LogP contribution in [0.5, 0.6) is 0 Å². The van der Waals surface area contributed by atoms with Gasteiger partial charge in [-0.3, -0.25) is 9.48 Å². The first-order valence-electron chi connectivity index (χ1n) is 9.91. The van der Waals surface area contributed by atoms with Crippen molar-refractivity contribution in [1.82, 2.24) is 24.2 Å². The third-order valence-electron chi connectivity index (χ3n) is 5.65. The maximum absolute atomic E-state index is 12.7. The summed E-state index contributed by atoms with van der Waals surface area (Å²) in [5.74, 6) is 0.897. The van der Waals surface area contributed by atoms with Gasteiger partial charge in [0.15, 0.2) is 5.69 Å². The van der Waals surface area contributed by atoms with Gasteiger partial charge >= 0.3 is 0 Å². The standard InChI is InChI=1S/C20H24N6O2/c27-12-11-25-18-6-2-1-5-16(18)21-20(25)24-9-10-26-15(14-24)13-17(22-26)19(28)23-7-3-4-8-23/h1-2,5-6,13,27H,3-4,7-12,14H2. The minimum atomic E-state index is 0.0402. The van der Waals surface area contributed by atoms with E-state index in [1.165, 1.54) is 0 Å². The maximum atomic E-state index is 12.7. The predicted octanol–water partition coefficient (Wildman–Crippen LogP) is 1.48. The summed E-state index contributed by atoms with van der Waals surface area (Å²) in [6.45, 7) is 4.36. The van der Waals surface area contributed by atoms with Crippen LogP contribution in [-0.4, -0.2) is 61.5 Å². The third-order valence-corrected chi connectivity index (χ3v) is 5.65. The molecule has 5 rings (SSSR count). The normalized spacial score (nSPS) is 16.8. The number of carbonyl (C=O) groups excluding carboxylic acids is 1. The Hall–Kier alpha value is -2.87. The van der Waals surface area contributed by atoms with Crippen LogP contribution in [0.25, 0.3) is 11.0 Å². The molecule has 3 aromatic rings. The van der Waals surface area contributed by atoms with Crippen LogP contribution in [0, 0.1) is 0 Å². The van der Waals surface area contributed by atoms with E-state index in [1.54, 1.807) is 0 Å². The van der Waals surface area contributed by atoms with E-state index in [0.717, 1.165) is 55.2 Å². The number of imidazole rings is 1. The lowest BCUT2D eigenvalue weighted by molar-refractivity contribution is 0.0786. The molecule has 0 radical (unpaired) electrons.